The van der Waals surface area contributed by atoms with Gasteiger partial charge in [0, 0.05) is 23.3 Å². The van der Waals surface area contributed by atoms with Crippen molar-refractivity contribution in [1.82, 2.24) is 15.1 Å². The van der Waals surface area contributed by atoms with E-state index in [1.54, 1.807) is 0 Å². The highest BCUT2D eigenvalue weighted by atomic mass is 35.5. The maximum atomic E-state index is 13.3. The van der Waals surface area contributed by atoms with Gasteiger partial charge in [-0.3, -0.25) is 4.79 Å². The van der Waals surface area contributed by atoms with Crippen LogP contribution in [0.15, 0.2) is 24.3 Å². The highest BCUT2D eigenvalue weighted by Crippen LogP contribution is 2.40. The van der Waals surface area contributed by atoms with Gasteiger partial charge in [-0.05, 0) is 75.8 Å². The summed E-state index contributed by atoms with van der Waals surface area (Å²) in [6.07, 6.45) is 8.76. The van der Waals surface area contributed by atoms with E-state index in [2.05, 4.69) is 36.5 Å². The van der Waals surface area contributed by atoms with Gasteiger partial charge in [0.15, 0.2) is 5.69 Å². The Kier molecular flexibility index (Phi) is 5.71. The molecule has 3 aliphatic rings. The molecule has 5 rings (SSSR count). The second-order valence-electron chi connectivity index (χ2n) is 9.06. The lowest BCUT2D eigenvalue weighted by molar-refractivity contribution is 0.0750. The second kappa shape index (κ2) is 8.11. The van der Waals surface area contributed by atoms with Crippen molar-refractivity contribution in [2.75, 3.05) is 0 Å². The van der Waals surface area contributed by atoms with Gasteiger partial charge < -0.3 is 11.1 Å². The molecule has 2 atom stereocenters. The Bertz CT molecular complexity index is 877. The maximum absolute atomic E-state index is 13.3. The van der Waals surface area contributed by atoms with Crippen molar-refractivity contribution in [3.05, 3.63) is 46.8 Å². The first-order valence-electron chi connectivity index (χ1n) is 10.8. The number of carbonyl (C=O) groups is 1. The minimum atomic E-state index is 0. The Labute approximate surface area is 178 Å². The number of benzene rings is 1. The molecule has 1 aromatic heterocycles. The van der Waals surface area contributed by atoms with Crippen molar-refractivity contribution in [1.29, 1.82) is 0 Å². The SMILES string of the molecule is Cc1ccc(-n2nc(C(=O)NC3C4CCCC3CC(N)C4)c3c2CCC3)cc1.Cl. The van der Waals surface area contributed by atoms with E-state index in [0.717, 1.165) is 43.4 Å². The number of aromatic nitrogens is 2. The van der Waals surface area contributed by atoms with E-state index >= 15 is 0 Å². The molecule has 0 saturated heterocycles. The van der Waals surface area contributed by atoms with Gasteiger partial charge in [0.1, 0.15) is 0 Å². The Morgan fingerprint density at radius 2 is 1.79 bits per heavy atom. The maximum Gasteiger partial charge on any atom is 0.272 e. The van der Waals surface area contributed by atoms with Gasteiger partial charge in [0.05, 0.1) is 5.69 Å². The number of rotatable bonds is 3. The highest BCUT2D eigenvalue weighted by Gasteiger charge is 2.40. The molecule has 29 heavy (non-hydrogen) atoms. The average molecular weight is 415 g/mol. The number of carbonyl (C=O) groups excluding carboxylic acids is 1. The number of nitrogens with two attached hydrogens (primary N) is 1. The van der Waals surface area contributed by atoms with E-state index in [4.69, 9.17) is 10.8 Å². The average Bonchev–Trinajstić information content (AvgIpc) is 3.26. The second-order valence-corrected chi connectivity index (χ2v) is 9.06. The summed E-state index contributed by atoms with van der Waals surface area (Å²) in [5, 5.41) is 8.18. The number of hydrogen-bond acceptors (Lipinski definition) is 3. The zero-order chi connectivity index (χ0) is 19.3. The molecule has 3 aliphatic carbocycles. The van der Waals surface area contributed by atoms with Crippen LogP contribution in [-0.2, 0) is 12.8 Å². The van der Waals surface area contributed by atoms with Crippen molar-refractivity contribution in [2.45, 2.75) is 70.4 Å². The zero-order valence-electron chi connectivity index (χ0n) is 17.1. The van der Waals surface area contributed by atoms with Crippen molar-refractivity contribution < 1.29 is 4.79 Å². The third-order valence-electron chi connectivity index (χ3n) is 7.10. The van der Waals surface area contributed by atoms with Gasteiger partial charge in [0.2, 0.25) is 0 Å². The number of aryl methyl sites for hydroxylation is 1. The predicted octanol–water partition coefficient (Wildman–Crippen LogP) is 3.73. The van der Waals surface area contributed by atoms with Crippen molar-refractivity contribution in [2.24, 2.45) is 17.6 Å². The molecule has 1 amide bonds. The van der Waals surface area contributed by atoms with Crippen LogP contribution in [0, 0.1) is 18.8 Å². The molecule has 2 fully saturated rings. The number of nitrogens with one attached hydrogen (secondary N) is 1. The van der Waals surface area contributed by atoms with Crippen LogP contribution in [0.3, 0.4) is 0 Å². The van der Waals surface area contributed by atoms with Crippen molar-refractivity contribution >= 4 is 18.3 Å². The third-order valence-corrected chi connectivity index (χ3v) is 7.10. The molecule has 2 unspecified atom stereocenters. The van der Waals surface area contributed by atoms with Gasteiger partial charge in [-0.15, -0.1) is 12.4 Å². The van der Waals surface area contributed by atoms with E-state index in [9.17, 15) is 4.79 Å². The van der Waals surface area contributed by atoms with Crippen LogP contribution in [-0.4, -0.2) is 27.8 Å². The lowest BCUT2D eigenvalue weighted by Crippen LogP contribution is -2.53. The molecule has 1 heterocycles. The van der Waals surface area contributed by atoms with Crippen LogP contribution in [0.5, 0.6) is 0 Å². The topological polar surface area (TPSA) is 72.9 Å². The molecule has 6 heteroatoms. The summed E-state index contributed by atoms with van der Waals surface area (Å²) in [5.41, 5.74) is 11.5. The number of hydrogen-bond donors (Lipinski definition) is 2. The van der Waals surface area contributed by atoms with E-state index in [0.29, 0.717) is 23.6 Å². The summed E-state index contributed by atoms with van der Waals surface area (Å²) < 4.78 is 1.99. The van der Waals surface area contributed by atoms with Gasteiger partial charge in [0.25, 0.3) is 5.91 Å². The van der Waals surface area contributed by atoms with E-state index < -0.39 is 0 Å². The monoisotopic (exact) mass is 414 g/mol. The summed E-state index contributed by atoms with van der Waals surface area (Å²) in [7, 11) is 0. The molecule has 1 aromatic carbocycles. The van der Waals surface area contributed by atoms with Crippen LogP contribution in [0.4, 0.5) is 0 Å². The summed E-state index contributed by atoms with van der Waals surface area (Å²) in [4.78, 5) is 13.3. The molecule has 0 radical (unpaired) electrons. The molecular formula is C23H31ClN4O. The minimum absolute atomic E-state index is 0. The van der Waals surface area contributed by atoms with Crippen LogP contribution < -0.4 is 11.1 Å². The van der Waals surface area contributed by atoms with Gasteiger partial charge in [-0.1, -0.05) is 24.1 Å². The highest BCUT2D eigenvalue weighted by molar-refractivity contribution is 5.94. The molecular weight excluding hydrogens is 384 g/mol. The normalized spacial score (nSPS) is 27.8. The standard InChI is InChI=1S/C23H30N4O.ClH/c1-14-8-10-18(11-9-14)27-20-7-3-6-19(20)22(26-27)23(28)25-21-15-4-2-5-16(21)13-17(24)12-15;/h8-11,15-17,21H,2-7,12-13,24H2,1H3,(H,25,28);1H. The van der Waals surface area contributed by atoms with E-state index in [1.165, 1.54) is 30.5 Å². The van der Waals surface area contributed by atoms with Crippen LogP contribution in [0.1, 0.15) is 65.8 Å². The fraction of sp³-hybridized carbons (Fsp3) is 0.565. The Balaban J connectivity index is 0.00000205. The fourth-order valence-electron chi connectivity index (χ4n) is 5.76. The van der Waals surface area contributed by atoms with Crippen LogP contribution in [0.2, 0.25) is 0 Å². The molecule has 2 aromatic rings. The smallest absolute Gasteiger partial charge is 0.272 e. The Morgan fingerprint density at radius 3 is 2.48 bits per heavy atom. The van der Waals surface area contributed by atoms with E-state index in [1.807, 2.05) is 4.68 Å². The van der Waals surface area contributed by atoms with Crippen molar-refractivity contribution in [3.8, 4) is 5.69 Å². The van der Waals surface area contributed by atoms with E-state index in [-0.39, 0.29) is 24.4 Å². The summed E-state index contributed by atoms with van der Waals surface area (Å²) >= 11 is 0. The number of fused-ring (bicyclic) bond motifs is 3. The minimum Gasteiger partial charge on any atom is -0.347 e. The molecule has 2 saturated carbocycles. The molecule has 5 nitrogen and oxygen atoms in total. The van der Waals surface area contributed by atoms with Crippen LogP contribution >= 0.6 is 12.4 Å². The fourth-order valence-corrected chi connectivity index (χ4v) is 5.76. The van der Waals surface area contributed by atoms with Gasteiger partial charge in [-0.2, -0.15) is 5.10 Å². The quantitative estimate of drug-likeness (QED) is 0.803. The molecule has 3 N–H and O–H groups in total. The Hall–Kier alpha value is -1.85. The number of amides is 1. The first kappa shape index (κ1) is 20.4. The first-order valence-corrected chi connectivity index (χ1v) is 10.8. The summed E-state index contributed by atoms with van der Waals surface area (Å²) in [5.74, 6) is 1.07. The predicted molar refractivity (Wildman–Crippen MR) is 117 cm³/mol. The molecule has 156 valence electrons. The molecule has 0 spiro atoms. The summed E-state index contributed by atoms with van der Waals surface area (Å²) in [6, 6.07) is 8.95. The van der Waals surface area contributed by atoms with Gasteiger partial charge >= 0.3 is 0 Å². The number of nitrogens with zero attached hydrogens (tertiary/aromatic N) is 2. The third kappa shape index (κ3) is 3.71. The van der Waals surface area contributed by atoms with Crippen LogP contribution in [0.25, 0.3) is 5.69 Å². The lowest BCUT2D eigenvalue weighted by Gasteiger charge is -2.45. The summed E-state index contributed by atoms with van der Waals surface area (Å²) in [6.45, 7) is 2.09. The Morgan fingerprint density at radius 1 is 1.10 bits per heavy atom. The largest absolute Gasteiger partial charge is 0.347 e. The molecule has 2 bridgehead atoms. The number of halogens is 1. The van der Waals surface area contributed by atoms with Gasteiger partial charge in [-0.25, -0.2) is 4.68 Å². The van der Waals surface area contributed by atoms with Crippen molar-refractivity contribution in [3.63, 3.8) is 0 Å². The zero-order valence-corrected chi connectivity index (χ0v) is 17.9. The molecule has 0 aliphatic heterocycles. The lowest BCUT2D eigenvalue weighted by atomic mass is 9.67. The first-order chi connectivity index (χ1) is 13.6.